The number of thiazole rings is 1. The molecule has 1 heterocycles. The van der Waals surface area contributed by atoms with Gasteiger partial charge in [0.1, 0.15) is 0 Å². The molecule has 28 heavy (non-hydrogen) atoms. The Labute approximate surface area is 167 Å². The maximum absolute atomic E-state index is 13.8. The first-order chi connectivity index (χ1) is 12.9. The molecule has 8 heteroatoms. The molecule has 0 saturated carbocycles. The minimum Gasteiger partial charge on any atom is -0.388 e. The van der Waals surface area contributed by atoms with E-state index in [1.807, 2.05) is 12.3 Å². The number of aromatic nitrogens is 1. The van der Waals surface area contributed by atoms with Crippen molar-refractivity contribution in [3.8, 4) is 11.3 Å². The molecule has 1 unspecified atom stereocenters. The molecule has 1 aromatic carbocycles. The van der Waals surface area contributed by atoms with E-state index in [1.165, 1.54) is 31.3 Å². The van der Waals surface area contributed by atoms with E-state index < -0.39 is 24.5 Å². The van der Waals surface area contributed by atoms with Gasteiger partial charge in [-0.1, -0.05) is 19.1 Å². The van der Waals surface area contributed by atoms with Gasteiger partial charge in [0.15, 0.2) is 6.10 Å². The monoisotopic (exact) mass is 414 g/mol. The molecule has 0 fully saturated rings. The predicted octanol–water partition coefficient (Wildman–Crippen LogP) is 6.01. The maximum Gasteiger partial charge on any atom is 0.418 e. The number of ether oxygens (including phenoxy) is 1. The molecule has 0 aliphatic rings. The van der Waals surface area contributed by atoms with Crippen LogP contribution in [0.3, 0.4) is 0 Å². The summed E-state index contributed by atoms with van der Waals surface area (Å²) in [7, 11) is 0. The summed E-state index contributed by atoms with van der Waals surface area (Å²) in [5, 5.41) is 11.7. The first-order valence-corrected chi connectivity index (χ1v) is 9.85. The Hall–Kier alpha value is -1.77. The van der Waals surface area contributed by atoms with Crippen LogP contribution in [0.2, 0.25) is 0 Å². The number of benzene rings is 1. The fraction of sp³-hybridized carbons (Fsp3) is 0.500. The average molecular weight is 414 g/mol. The van der Waals surface area contributed by atoms with Gasteiger partial charge in [-0.15, -0.1) is 11.3 Å². The van der Waals surface area contributed by atoms with Crippen molar-refractivity contribution in [3.05, 3.63) is 34.2 Å². The van der Waals surface area contributed by atoms with Gasteiger partial charge in [0.05, 0.1) is 29.1 Å². The zero-order valence-electron chi connectivity index (χ0n) is 16.6. The molecule has 0 spiro atoms. The van der Waals surface area contributed by atoms with E-state index in [1.54, 1.807) is 25.4 Å². The molecular formula is C20H25F3N2O2S. The van der Waals surface area contributed by atoms with Gasteiger partial charge in [-0.2, -0.15) is 13.2 Å². The summed E-state index contributed by atoms with van der Waals surface area (Å²) in [6.07, 6.45) is -6.23. The molecule has 4 nitrogen and oxygen atoms in total. The smallest absolute Gasteiger partial charge is 0.388 e. The van der Waals surface area contributed by atoms with Gasteiger partial charge in [-0.25, -0.2) is 4.98 Å². The van der Waals surface area contributed by atoms with Crippen LogP contribution in [0.1, 0.15) is 51.3 Å². The fourth-order valence-electron chi connectivity index (χ4n) is 2.62. The van der Waals surface area contributed by atoms with Crippen molar-refractivity contribution in [2.75, 3.05) is 6.61 Å². The Kier molecular flexibility index (Phi) is 7.01. The Morgan fingerprint density at radius 2 is 2.00 bits per heavy atom. The second kappa shape index (κ2) is 8.71. The van der Waals surface area contributed by atoms with E-state index in [0.717, 1.165) is 5.56 Å². The van der Waals surface area contributed by atoms with Crippen molar-refractivity contribution >= 4 is 22.7 Å². The zero-order valence-corrected chi connectivity index (χ0v) is 17.4. The minimum atomic E-state index is -4.65. The van der Waals surface area contributed by atoms with E-state index in [2.05, 4.69) is 9.98 Å². The molecule has 0 bridgehead atoms. The van der Waals surface area contributed by atoms with Crippen LogP contribution in [-0.4, -0.2) is 34.2 Å². The van der Waals surface area contributed by atoms with Crippen LogP contribution in [0.4, 0.5) is 18.9 Å². The maximum atomic E-state index is 13.8. The number of nitrogens with zero attached hydrogens (tertiary/aromatic N) is 2. The lowest BCUT2D eigenvalue weighted by molar-refractivity contribution is -0.233. The van der Waals surface area contributed by atoms with Crippen LogP contribution in [0.15, 0.2) is 28.0 Å². The van der Waals surface area contributed by atoms with Crippen LogP contribution >= 0.6 is 11.3 Å². The van der Waals surface area contributed by atoms with Gasteiger partial charge in [-0.05, 0) is 39.7 Å². The fourth-order valence-corrected chi connectivity index (χ4v) is 3.17. The molecule has 1 aromatic heterocycles. The largest absolute Gasteiger partial charge is 0.418 e. The quantitative estimate of drug-likeness (QED) is 0.564. The third-order valence-corrected chi connectivity index (χ3v) is 4.75. The summed E-state index contributed by atoms with van der Waals surface area (Å²) in [6.45, 7) is 7.75. The first kappa shape index (κ1) is 22.5. The van der Waals surface area contributed by atoms with Crippen molar-refractivity contribution in [1.82, 2.24) is 4.98 Å². The van der Waals surface area contributed by atoms with Crippen molar-refractivity contribution in [1.29, 1.82) is 0 Å². The summed E-state index contributed by atoms with van der Waals surface area (Å²) in [4.78, 5) is 8.74. The lowest BCUT2D eigenvalue weighted by Crippen LogP contribution is -2.32. The standard InChI is InChI=1S/C20H25F3N2O2S/c1-6-12(2)25-17-13(3)14(16-9-28-11-24-16)7-8-15(17)18(20(21,22)23)27-10-19(4,5)26/h7-9,11,18,26H,6,10H2,1-5H3/b25-12-. The molecule has 0 amide bonds. The van der Waals surface area contributed by atoms with Crippen LogP contribution in [-0.2, 0) is 4.74 Å². The number of halogens is 3. The van der Waals surface area contributed by atoms with Crippen LogP contribution in [0.5, 0.6) is 0 Å². The molecular weight excluding hydrogens is 389 g/mol. The van der Waals surface area contributed by atoms with E-state index >= 15 is 0 Å². The van der Waals surface area contributed by atoms with Gasteiger partial charge in [-0.3, -0.25) is 4.99 Å². The number of aliphatic hydroxyl groups is 1. The minimum absolute atomic E-state index is 0.0685. The number of alkyl halides is 3. The molecule has 2 rings (SSSR count). The Balaban J connectivity index is 2.64. The molecule has 0 radical (unpaired) electrons. The molecule has 154 valence electrons. The summed E-state index contributed by atoms with van der Waals surface area (Å²) in [5.74, 6) is 0. The summed E-state index contributed by atoms with van der Waals surface area (Å²) in [6, 6.07) is 3.01. The van der Waals surface area contributed by atoms with Crippen LogP contribution < -0.4 is 0 Å². The topological polar surface area (TPSA) is 54.7 Å². The SMILES string of the molecule is CC/C(C)=N\c1c(C(OCC(C)(C)O)C(F)(F)F)ccc(-c2cscn2)c1C. The summed E-state index contributed by atoms with van der Waals surface area (Å²) in [5.41, 5.74) is 3.21. The predicted molar refractivity (Wildman–Crippen MR) is 106 cm³/mol. The summed E-state index contributed by atoms with van der Waals surface area (Å²) < 4.78 is 46.6. The molecule has 1 atom stereocenters. The number of rotatable bonds is 7. The van der Waals surface area contributed by atoms with Gasteiger partial charge in [0.25, 0.3) is 0 Å². The van der Waals surface area contributed by atoms with Crippen LogP contribution in [0.25, 0.3) is 11.3 Å². The molecule has 1 N–H and O–H groups in total. The lowest BCUT2D eigenvalue weighted by atomic mass is 9.96. The van der Waals surface area contributed by atoms with Gasteiger partial charge >= 0.3 is 6.18 Å². The van der Waals surface area contributed by atoms with E-state index in [4.69, 9.17) is 4.74 Å². The highest BCUT2D eigenvalue weighted by Crippen LogP contribution is 2.44. The Bertz CT molecular complexity index is 825. The zero-order chi connectivity index (χ0) is 21.1. The average Bonchev–Trinajstić information content (AvgIpc) is 3.09. The third kappa shape index (κ3) is 5.62. The second-order valence-corrected chi connectivity index (χ2v) is 8.01. The van der Waals surface area contributed by atoms with Crippen molar-refractivity contribution < 1.29 is 23.0 Å². The molecule has 0 aliphatic carbocycles. The van der Waals surface area contributed by atoms with E-state index in [9.17, 15) is 18.3 Å². The van der Waals surface area contributed by atoms with Gasteiger partial charge in [0, 0.05) is 22.2 Å². The highest BCUT2D eigenvalue weighted by molar-refractivity contribution is 7.07. The van der Waals surface area contributed by atoms with Crippen molar-refractivity contribution in [3.63, 3.8) is 0 Å². The van der Waals surface area contributed by atoms with Crippen LogP contribution in [0, 0.1) is 6.92 Å². The highest BCUT2D eigenvalue weighted by atomic mass is 32.1. The van der Waals surface area contributed by atoms with Gasteiger partial charge < -0.3 is 9.84 Å². The normalized spacial score (nSPS) is 14.4. The van der Waals surface area contributed by atoms with Crippen molar-refractivity contribution in [2.24, 2.45) is 4.99 Å². The van der Waals surface area contributed by atoms with E-state index in [-0.39, 0.29) is 11.3 Å². The van der Waals surface area contributed by atoms with Gasteiger partial charge in [0.2, 0.25) is 0 Å². The number of hydrogen-bond acceptors (Lipinski definition) is 5. The number of aliphatic imine (C=N–C) groups is 1. The van der Waals surface area contributed by atoms with Crippen molar-refractivity contribution in [2.45, 2.75) is 58.9 Å². The third-order valence-electron chi connectivity index (χ3n) is 4.17. The summed E-state index contributed by atoms with van der Waals surface area (Å²) >= 11 is 1.41. The molecule has 0 saturated heterocycles. The Morgan fingerprint density at radius 3 is 2.50 bits per heavy atom. The second-order valence-electron chi connectivity index (χ2n) is 7.30. The lowest BCUT2D eigenvalue weighted by Gasteiger charge is -2.27. The van der Waals surface area contributed by atoms with E-state index in [0.29, 0.717) is 23.4 Å². The Morgan fingerprint density at radius 1 is 1.32 bits per heavy atom. The molecule has 0 aliphatic heterocycles. The first-order valence-electron chi connectivity index (χ1n) is 8.91. The molecule has 2 aromatic rings. The highest BCUT2D eigenvalue weighted by Gasteiger charge is 2.44. The number of hydrogen-bond donors (Lipinski definition) is 1.